The largest absolute Gasteiger partial charge is 0.368 e. The molecule has 0 aliphatic rings. The minimum atomic E-state index is -0.755. The maximum absolute atomic E-state index is 10.9. The molecule has 0 aliphatic heterocycles. The lowest BCUT2D eigenvalue weighted by Crippen LogP contribution is -2.28. The molecule has 0 saturated carbocycles. The number of aromatic nitrogens is 1. The van der Waals surface area contributed by atoms with Crippen LogP contribution in [0.15, 0.2) is 36.5 Å². The number of nitrogens with zero attached hydrogens (tertiary/aromatic N) is 1. The summed E-state index contributed by atoms with van der Waals surface area (Å²) in [6, 6.07) is 8.42. The number of carbonyl (C=O) groups is 1. The molecule has 0 fully saturated rings. The molecule has 1 heterocycles. The van der Waals surface area contributed by atoms with Gasteiger partial charge in [-0.25, -0.2) is 0 Å². The van der Waals surface area contributed by atoms with Gasteiger partial charge in [-0.15, -0.1) is 0 Å². The van der Waals surface area contributed by atoms with Crippen molar-refractivity contribution < 1.29 is 4.79 Å². The van der Waals surface area contributed by atoms with Crippen LogP contribution in [0.25, 0.3) is 10.9 Å². The van der Waals surface area contributed by atoms with Crippen molar-refractivity contribution in [2.75, 3.05) is 0 Å². The molecule has 4 N–H and O–H groups in total. The van der Waals surface area contributed by atoms with Gasteiger partial charge in [0.25, 0.3) is 0 Å². The summed E-state index contributed by atoms with van der Waals surface area (Å²) in [5.74, 6) is -0.529. The van der Waals surface area contributed by atoms with Crippen LogP contribution in [0.1, 0.15) is 11.6 Å². The van der Waals surface area contributed by atoms with Crippen LogP contribution in [-0.4, -0.2) is 10.9 Å². The van der Waals surface area contributed by atoms with Gasteiger partial charge < -0.3 is 11.5 Å². The maximum Gasteiger partial charge on any atom is 0.238 e. The van der Waals surface area contributed by atoms with Crippen LogP contribution in [0.2, 0.25) is 0 Å². The molecule has 4 heteroatoms. The second-order valence-corrected chi connectivity index (χ2v) is 3.34. The average Bonchev–Trinajstić information content (AvgIpc) is 2.27. The Morgan fingerprint density at radius 3 is 2.87 bits per heavy atom. The van der Waals surface area contributed by atoms with E-state index in [1.165, 1.54) is 0 Å². The minimum Gasteiger partial charge on any atom is -0.368 e. The molecule has 1 aromatic carbocycles. The van der Waals surface area contributed by atoms with Gasteiger partial charge in [-0.2, -0.15) is 0 Å². The van der Waals surface area contributed by atoms with E-state index in [1.54, 1.807) is 12.3 Å². The number of rotatable bonds is 2. The molecule has 1 unspecified atom stereocenters. The summed E-state index contributed by atoms with van der Waals surface area (Å²) in [4.78, 5) is 15.1. The highest BCUT2D eigenvalue weighted by Gasteiger charge is 2.11. The fourth-order valence-corrected chi connectivity index (χ4v) is 1.45. The number of pyridine rings is 1. The number of nitrogens with two attached hydrogens (primary N) is 2. The molecule has 4 nitrogen and oxygen atoms in total. The highest BCUT2D eigenvalue weighted by atomic mass is 16.1. The Morgan fingerprint density at radius 1 is 1.33 bits per heavy atom. The van der Waals surface area contributed by atoms with Gasteiger partial charge >= 0.3 is 0 Å². The number of hydrogen-bond acceptors (Lipinski definition) is 3. The molecule has 0 aliphatic carbocycles. The van der Waals surface area contributed by atoms with Crippen molar-refractivity contribution >= 4 is 16.8 Å². The Labute approximate surface area is 86.9 Å². The normalized spacial score (nSPS) is 12.6. The summed E-state index contributed by atoms with van der Waals surface area (Å²) in [5, 5.41) is 0.951. The van der Waals surface area contributed by atoms with Crippen LogP contribution in [0.3, 0.4) is 0 Å². The lowest BCUT2D eigenvalue weighted by atomic mass is 10.0. The second-order valence-electron chi connectivity index (χ2n) is 3.34. The standard InChI is InChI=1S/C11H11N3O/c12-10(11(13)15)8-3-4-9-7(6-8)2-1-5-14-9/h1-6,10H,12H2,(H2,13,15). The van der Waals surface area contributed by atoms with E-state index >= 15 is 0 Å². The molecule has 0 spiro atoms. The number of primary amides is 1. The predicted molar refractivity (Wildman–Crippen MR) is 57.9 cm³/mol. The van der Waals surface area contributed by atoms with E-state index in [2.05, 4.69) is 4.98 Å². The van der Waals surface area contributed by atoms with Gasteiger partial charge in [0.1, 0.15) is 6.04 Å². The van der Waals surface area contributed by atoms with Gasteiger partial charge in [0.2, 0.25) is 5.91 Å². The summed E-state index contributed by atoms with van der Waals surface area (Å²) < 4.78 is 0. The van der Waals surface area contributed by atoms with Crippen LogP contribution in [0, 0.1) is 0 Å². The third kappa shape index (κ3) is 1.80. The lowest BCUT2D eigenvalue weighted by molar-refractivity contribution is -0.119. The van der Waals surface area contributed by atoms with E-state index in [0.717, 1.165) is 10.9 Å². The predicted octanol–water partition coefficient (Wildman–Crippen LogP) is 0.720. The number of benzene rings is 1. The van der Waals surface area contributed by atoms with E-state index in [-0.39, 0.29) is 0 Å². The van der Waals surface area contributed by atoms with Crippen molar-refractivity contribution in [2.45, 2.75) is 6.04 Å². The molecular weight excluding hydrogens is 190 g/mol. The summed E-state index contributed by atoms with van der Waals surface area (Å²) in [6.45, 7) is 0. The Bertz CT molecular complexity index is 510. The summed E-state index contributed by atoms with van der Waals surface area (Å²) >= 11 is 0. The molecule has 1 aromatic heterocycles. The topological polar surface area (TPSA) is 82.0 Å². The fraction of sp³-hybridized carbons (Fsp3) is 0.0909. The third-order valence-corrected chi connectivity index (χ3v) is 2.29. The van der Waals surface area contributed by atoms with E-state index in [0.29, 0.717) is 5.56 Å². The van der Waals surface area contributed by atoms with Gasteiger partial charge in [0.15, 0.2) is 0 Å². The number of amides is 1. The van der Waals surface area contributed by atoms with E-state index in [9.17, 15) is 4.79 Å². The van der Waals surface area contributed by atoms with Gasteiger partial charge in [-0.1, -0.05) is 12.1 Å². The highest BCUT2D eigenvalue weighted by Crippen LogP contribution is 2.17. The number of carbonyl (C=O) groups excluding carboxylic acids is 1. The third-order valence-electron chi connectivity index (χ3n) is 2.29. The van der Waals surface area contributed by atoms with Crippen LogP contribution in [0.4, 0.5) is 0 Å². The molecule has 15 heavy (non-hydrogen) atoms. The van der Waals surface area contributed by atoms with Crippen LogP contribution < -0.4 is 11.5 Å². The molecule has 0 radical (unpaired) electrons. The van der Waals surface area contributed by atoms with Crippen molar-refractivity contribution in [1.29, 1.82) is 0 Å². The molecule has 0 saturated heterocycles. The first-order chi connectivity index (χ1) is 7.18. The zero-order chi connectivity index (χ0) is 10.8. The Kier molecular flexibility index (Phi) is 2.35. The summed E-state index contributed by atoms with van der Waals surface area (Å²) in [6.07, 6.45) is 1.72. The number of fused-ring (bicyclic) bond motifs is 1. The molecular formula is C11H11N3O. The zero-order valence-corrected chi connectivity index (χ0v) is 8.05. The highest BCUT2D eigenvalue weighted by molar-refractivity contribution is 5.84. The summed E-state index contributed by atoms with van der Waals surface area (Å²) in [5.41, 5.74) is 12.4. The first-order valence-electron chi connectivity index (χ1n) is 4.58. The smallest absolute Gasteiger partial charge is 0.238 e. The minimum absolute atomic E-state index is 0.529. The molecule has 1 amide bonds. The van der Waals surface area contributed by atoms with Crippen LogP contribution in [0.5, 0.6) is 0 Å². The second kappa shape index (κ2) is 3.67. The van der Waals surface area contributed by atoms with Crippen molar-refractivity contribution in [2.24, 2.45) is 11.5 Å². The molecule has 2 rings (SSSR count). The number of hydrogen-bond donors (Lipinski definition) is 2. The zero-order valence-electron chi connectivity index (χ0n) is 8.05. The molecule has 0 bridgehead atoms. The quantitative estimate of drug-likeness (QED) is 0.751. The Balaban J connectivity index is 2.51. The fourth-order valence-electron chi connectivity index (χ4n) is 1.45. The van der Waals surface area contributed by atoms with E-state index in [1.807, 2.05) is 24.3 Å². The Hall–Kier alpha value is -1.94. The van der Waals surface area contributed by atoms with Gasteiger partial charge in [0.05, 0.1) is 5.52 Å². The van der Waals surface area contributed by atoms with Gasteiger partial charge in [-0.3, -0.25) is 9.78 Å². The lowest BCUT2D eigenvalue weighted by Gasteiger charge is -2.08. The van der Waals surface area contributed by atoms with Crippen molar-refractivity contribution in [3.63, 3.8) is 0 Å². The van der Waals surface area contributed by atoms with Crippen molar-refractivity contribution in [3.8, 4) is 0 Å². The van der Waals surface area contributed by atoms with Crippen LogP contribution in [-0.2, 0) is 4.79 Å². The molecule has 1 atom stereocenters. The van der Waals surface area contributed by atoms with Crippen molar-refractivity contribution in [3.05, 3.63) is 42.1 Å². The average molecular weight is 201 g/mol. The molecule has 76 valence electrons. The van der Waals surface area contributed by atoms with E-state index < -0.39 is 11.9 Å². The molecule has 2 aromatic rings. The maximum atomic E-state index is 10.9. The SMILES string of the molecule is NC(=O)C(N)c1ccc2ncccc2c1. The van der Waals surface area contributed by atoms with Gasteiger partial charge in [0, 0.05) is 11.6 Å². The summed E-state index contributed by atoms with van der Waals surface area (Å²) in [7, 11) is 0. The van der Waals surface area contributed by atoms with Gasteiger partial charge in [-0.05, 0) is 23.8 Å². The van der Waals surface area contributed by atoms with E-state index in [4.69, 9.17) is 11.5 Å². The van der Waals surface area contributed by atoms with Crippen LogP contribution >= 0.6 is 0 Å². The first kappa shape index (κ1) is 9.61. The first-order valence-corrected chi connectivity index (χ1v) is 4.58. The van der Waals surface area contributed by atoms with Crippen molar-refractivity contribution in [1.82, 2.24) is 4.98 Å². The monoisotopic (exact) mass is 201 g/mol. The Morgan fingerprint density at radius 2 is 2.13 bits per heavy atom.